The summed E-state index contributed by atoms with van der Waals surface area (Å²) in [7, 11) is 1.80. The van der Waals surface area contributed by atoms with Crippen LogP contribution in [0.4, 0.5) is 23.0 Å². The van der Waals surface area contributed by atoms with Gasteiger partial charge in [-0.2, -0.15) is 0 Å². The van der Waals surface area contributed by atoms with Gasteiger partial charge in [-0.1, -0.05) is 6.92 Å². The Morgan fingerprint density at radius 1 is 1.04 bits per heavy atom. The fourth-order valence-corrected chi connectivity index (χ4v) is 3.02. The van der Waals surface area contributed by atoms with Crippen molar-refractivity contribution in [2.45, 2.75) is 6.92 Å². The van der Waals surface area contributed by atoms with Gasteiger partial charge in [0.05, 0.1) is 0 Å². The Kier molecular flexibility index (Phi) is 5.37. The molecule has 0 radical (unpaired) electrons. The van der Waals surface area contributed by atoms with Crippen molar-refractivity contribution in [1.29, 1.82) is 0 Å². The molecule has 1 saturated heterocycles. The third-order valence-corrected chi connectivity index (χ3v) is 4.45. The summed E-state index contributed by atoms with van der Waals surface area (Å²) in [4.78, 5) is 13.2. The highest BCUT2D eigenvalue weighted by Gasteiger charge is 2.15. The van der Waals surface area contributed by atoms with E-state index in [1.165, 1.54) is 5.69 Å². The summed E-state index contributed by atoms with van der Waals surface area (Å²) in [6, 6.07) is 10.2. The number of nitrogens with one attached hydrogen (secondary N) is 2. The minimum Gasteiger partial charge on any atom is -0.373 e. The van der Waals surface area contributed by atoms with Gasteiger partial charge in [0.15, 0.2) is 0 Å². The van der Waals surface area contributed by atoms with Crippen molar-refractivity contribution in [3.63, 3.8) is 0 Å². The van der Waals surface area contributed by atoms with Crippen LogP contribution in [-0.2, 0) is 0 Å². The zero-order valence-corrected chi connectivity index (χ0v) is 14.8. The van der Waals surface area contributed by atoms with E-state index in [9.17, 15) is 0 Å². The molecule has 0 atom stereocenters. The molecule has 1 aromatic heterocycles. The van der Waals surface area contributed by atoms with Crippen molar-refractivity contribution >= 4 is 34.6 Å². The van der Waals surface area contributed by atoms with E-state index in [1.54, 1.807) is 7.05 Å². The van der Waals surface area contributed by atoms with Crippen molar-refractivity contribution in [1.82, 2.24) is 14.9 Å². The first kappa shape index (κ1) is 16.8. The fraction of sp³-hybridized carbons (Fsp3) is 0.412. The summed E-state index contributed by atoms with van der Waals surface area (Å²) in [5.41, 5.74) is 2.23. The molecule has 24 heavy (non-hydrogen) atoms. The molecule has 1 aliphatic heterocycles. The molecule has 2 N–H and O–H groups in total. The molecule has 0 aliphatic carbocycles. The van der Waals surface area contributed by atoms with E-state index in [4.69, 9.17) is 11.6 Å². The smallest absolute Gasteiger partial charge is 0.226 e. The van der Waals surface area contributed by atoms with Crippen LogP contribution in [0.2, 0.25) is 5.28 Å². The van der Waals surface area contributed by atoms with Crippen LogP contribution in [0.1, 0.15) is 6.92 Å². The number of aromatic nitrogens is 2. The molecular weight excluding hydrogens is 324 g/mol. The second-order valence-electron chi connectivity index (χ2n) is 5.75. The summed E-state index contributed by atoms with van der Waals surface area (Å²) >= 11 is 5.93. The number of hydrogen-bond acceptors (Lipinski definition) is 6. The highest BCUT2D eigenvalue weighted by molar-refractivity contribution is 6.28. The average Bonchev–Trinajstić information content (AvgIpc) is 2.62. The van der Waals surface area contributed by atoms with Crippen molar-refractivity contribution in [3.05, 3.63) is 35.6 Å². The van der Waals surface area contributed by atoms with Gasteiger partial charge in [0, 0.05) is 50.7 Å². The minimum absolute atomic E-state index is 0.217. The topological polar surface area (TPSA) is 56.3 Å². The van der Waals surface area contributed by atoms with E-state index in [0.717, 1.165) is 38.4 Å². The maximum absolute atomic E-state index is 5.93. The van der Waals surface area contributed by atoms with E-state index in [2.05, 4.69) is 61.6 Å². The third-order valence-electron chi connectivity index (χ3n) is 4.28. The minimum atomic E-state index is 0.217. The van der Waals surface area contributed by atoms with Crippen LogP contribution < -0.4 is 15.5 Å². The molecule has 1 aromatic carbocycles. The lowest BCUT2D eigenvalue weighted by molar-refractivity contribution is 0.271. The number of halogens is 1. The lowest BCUT2D eigenvalue weighted by Crippen LogP contribution is -2.46. The van der Waals surface area contributed by atoms with E-state index < -0.39 is 0 Å². The number of benzene rings is 1. The first-order valence-electron chi connectivity index (χ1n) is 8.24. The van der Waals surface area contributed by atoms with E-state index in [0.29, 0.717) is 11.6 Å². The van der Waals surface area contributed by atoms with Gasteiger partial charge in [-0.05, 0) is 42.4 Å². The molecule has 3 rings (SSSR count). The van der Waals surface area contributed by atoms with Crippen LogP contribution in [-0.4, -0.2) is 54.6 Å². The Hall–Kier alpha value is -2.05. The molecule has 2 heterocycles. The molecule has 7 heteroatoms. The molecule has 0 saturated carbocycles. The van der Waals surface area contributed by atoms with Gasteiger partial charge >= 0.3 is 0 Å². The number of hydrogen-bond donors (Lipinski definition) is 2. The van der Waals surface area contributed by atoms with Crippen LogP contribution in [0.15, 0.2) is 30.3 Å². The first-order valence-corrected chi connectivity index (χ1v) is 8.62. The van der Waals surface area contributed by atoms with Gasteiger partial charge in [0.1, 0.15) is 11.6 Å². The number of anilines is 4. The van der Waals surface area contributed by atoms with E-state index >= 15 is 0 Å². The lowest BCUT2D eigenvalue weighted by Gasteiger charge is -2.35. The number of rotatable bonds is 5. The maximum Gasteiger partial charge on any atom is 0.226 e. The SMILES string of the molecule is CCN1CCN(c2ccc(Nc3cc(NC)nc(Cl)n3)cc2)CC1. The molecule has 2 aromatic rings. The second kappa shape index (κ2) is 7.68. The van der Waals surface area contributed by atoms with Crippen molar-refractivity contribution in [2.24, 2.45) is 0 Å². The van der Waals surface area contributed by atoms with Gasteiger partial charge in [0.2, 0.25) is 5.28 Å². The van der Waals surface area contributed by atoms with Crippen molar-refractivity contribution < 1.29 is 0 Å². The van der Waals surface area contributed by atoms with Gasteiger partial charge in [0.25, 0.3) is 0 Å². The number of piperazine rings is 1. The molecule has 0 spiro atoms. The second-order valence-corrected chi connectivity index (χ2v) is 6.09. The highest BCUT2D eigenvalue weighted by atomic mass is 35.5. The van der Waals surface area contributed by atoms with Gasteiger partial charge in [-0.25, -0.2) is 9.97 Å². The van der Waals surface area contributed by atoms with Crippen molar-refractivity contribution in [3.8, 4) is 0 Å². The summed E-state index contributed by atoms with van der Waals surface area (Å²) in [5.74, 6) is 1.35. The Morgan fingerprint density at radius 2 is 1.71 bits per heavy atom. The van der Waals surface area contributed by atoms with E-state index in [1.807, 2.05) is 6.07 Å². The Morgan fingerprint density at radius 3 is 2.33 bits per heavy atom. The summed E-state index contributed by atoms with van der Waals surface area (Å²) in [6.07, 6.45) is 0. The fourth-order valence-electron chi connectivity index (χ4n) is 2.84. The lowest BCUT2D eigenvalue weighted by atomic mass is 10.2. The molecule has 0 unspecified atom stereocenters. The average molecular weight is 347 g/mol. The number of nitrogens with zero attached hydrogens (tertiary/aromatic N) is 4. The van der Waals surface area contributed by atoms with Crippen LogP contribution >= 0.6 is 11.6 Å². The van der Waals surface area contributed by atoms with Gasteiger partial charge in [-0.3, -0.25) is 0 Å². The summed E-state index contributed by atoms with van der Waals surface area (Å²) < 4.78 is 0. The van der Waals surface area contributed by atoms with Gasteiger partial charge < -0.3 is 20.4 Å². The normalized spacial score (nSPS) is 15.4. The number of likely N-dealkylation sites (N-methyl/N-ethyl adjacent to an activating group) is 1. The Balaban J connectivity index is 1.66. The van der Waals surface area contributed by atoms with Crippen molar-refractivity contribution in [2.75, 3.05) is 55.3 Å². The molecule has 1 fully saturated rings. The molecule has 0 bridgehead atoms. The monoisotopic (exact) mass is 346 g/mol. The molecular formula is C17H23ClN6. The van der Waals surface area contributed by atoms with Crippen LogP contribution in [0.5, 0.6) is 0 Å². The standard InChI is InChI=1S/C17H23ClN6/c1-3-23-8-10-24(11-9-23)14-6-4-13(5-7-14)20-16-12-15(19-2)21-17(18)22-16/h4-7,12H,3,8-11H2,1-2H3,(H2,19,20,21,22). The predicted molar refractivity (Wildman–Crippen MR) is 101 cm³/mol. The predicted octanol–water partition coefficient (Wildman–Crippen LogP) is 3.06. The van der Waals surface area contributed by atoms with Crippen LogP contribution in [0, 0.1) is 0 Å². The molecule has 0 amide bonds. The quantitative estimate of drug-likeness (QED) is 0.811. The van der Waals surface area contributed by atoms with Crippen LogP contribution in [0.25, 0.3) is 0 Å². The Labute approximate surface area is 147 Å². The largest absolute Gasteiger partial charge is 0.373 e. The maximum atomic E-state index is 5.93. The highest BCUT2D eigenvalue weighted by Crippen LogP contribution is 2.23. The zero-order valence-electron chi connectivity index (χ0n) is 14.1. The van der Waals surface area contributed by atoms with Crippen LogP contribution in [0.3, 0.4) is 0 Å². The summed E-state index contributed by atoms with van der Waals surface area (Å²) in [5, 5.41) is 6.45. The zero-order chi connectivity index (χ0) is 16.9. The third kappa shape index (κ3) is 4.07. The molecule has 1 aliphatic rings. The molecule has 6 nitrogen and oxygen atoms in total. The Bertz CT molecular complexity index is 667. The van der Waals surface area contributed by atoms with E-state index in [-0.39, 0.29) is 5.28 Å². The first-order chi connectivity index (χ1) is 11.7. The summed E-state index contributed by atoms with van der Waals surface area (Å²) in [6.45, 7) is 7.76. The van der Waals surface area contributed by atoms with Gasteiger partial charge in [-0.15, -0.1) is 0 Å². The molecule has 128 valence electrons.